The summed E-state index contributed by atoms with van der Waals surface area (Å²) in [5, 5.41) is 0.761. The first-order valence-corrected chi connectivity index (χ1v) is 6.86. The van der Waals surface area contributed by atoms with Crippen molar-refractivity contribution in [2.24, 2.45) is 5.73 Å². The minimum atomic E-state index is 0.0353. The lowest BCUT2D eigenvalue weighted by Crippen LogP contribution is -2.13. The van der Waals surface area contributed by atoms with E-state index in [9.17, 15) is 0 Å². The zero-order valence-electron chi connectivity index (χ0n) is 9.24. The third kappa shape index (κ3) is 3.69. The lowest BCUT2D eigenvalue weighted by atomic mass is 10.00. The van der Waals surface area contributed by atoms with E-state index in [0.717, 1.165) is 11.4 Å². The number of rotatable bonds is 3. The Hall–Kier alpha value is -0.580. The Bertz CT molecular complexity index is 479. The van der Waals surface area contributed by atoms with Crippen molar-refractivity contribution in [3.63, 3.8) is 0 Å². The molecule has 0 aliphatic carbocycles. The molecule has 0 fully saturated rings. The molecule has 2 N–H and O–H groups in total. The van der Waals surface area contributed by atoms with E-state index in [1.165, 1.54) is 14.7 Å². The lowest BCUT2D eigenvalue weighted by molar-refractivity contribution is 0.722. The molecule has 2 aromatic carbocycles. The van der Waals surface area contributed by atoms with Crippen molar-refractivity contribution in [2.45, 2.75) is 12.5 Å². The maximum atomic E-state index is 6.18. The van der Waals surface area contributed by atoms with E-state index in [0.29, 0.717) is 0 Å². The molecule has 88 valence electrons. The molecule has 0 saturated heterocycles. The molecule has 1 unspecified atom stereocenters. The number of halogens is 2. The van der Waals surface area contributed by atoms with Gasteiger partial charge in [-0.15, -0.1) is 0 Å². The van der Waals surface area contributed by atoms with Crippen LogP contribution in [0.15, 0.2) is 48.5 Å². The first-order chi connectivity index (χ1) is 8.15. The molecule has 0 spiro atoms. The predicted molar refractivity (Wildman–Crippen MR) is 81.2 cm³/mol. The molecule has 0 aliphatic heterocycles. The van der Waals surface area contributed by atoms with Crippen LogP contribution in [0.5, 0.6) is 0 Å². The van der Waals surface area contributed by atoms with Crippen molar-refractivity contribution in [1.82, 2.24) is 0 Å². The SMILES string of the molecule is NC(Cc1ccc(Cl)cc1)c1ccc(I)cc1. The molecule has 2 rings (SSSR count). The van der Waals surface area contributed by atoms with Gasteiger partial charge in [-0.3, -0.25) is 0 Å². The van der Waals surface area contributed by atoms with Gasteiger partial charge in [0.25, 0.3) is 0 Å². The van der Waals surface area contributed by atoms with Gasteiger partial charge in [0.15, 0.2) is 0 Å². The second-order valence-electron chi connectivity index (χ2n) is 3.99. The van der Waals surface area contributed by atoms with Crippen LogP contribution in [0.1, 0.15) is 17.2 Å². The minimum Gasteiger partial charge on any atom is -0.324 e. The van der Waals surface area contributed by atoms with Crippen molar-refractivity contribution in [2.75, 3.05) is 0 Å². The summed E-state index contributed by atoms with van der Waals surface area (Å²) in [5.41, 5.74) is 8.56. The van der Waals surface area contributed by atoms with Crippen LogP contribution in [0.2, 0.25) is 5.02 Å². The van der Waals surface area contributed by atoms with Crippen LogP contribution in [0.3, 0.4) is 0 Å². The summed E-state index contributed by atoms with van der Waals surface area (Å²) < 4.78 is 1.23. The second-order valence-corrected chi connectivity index (χ2v) is 5.67. The van der Waals surface area contributed by atoms with E-state index in [2.05, 4.69) is 46.9 Å². The third-order valence-electron chi connectivity index (χ3n) is 2.67. The topological polar surface area (TPSA) is 26.0 Å². The zero-order valence-corrected chi connectivity index (χ0v) is 12.1. The summed E-state index contributed by atoms with van der Waals surface area (Å²) in [7, 11) is 0. The largest absolute Gasteiger partial charge is 0.324 e. The molecule has 17 heavy (non-hydrogen) atoms. The van der Waals surface area contributed by atoms with Crippen molar-refractivity contribution in [3.8, 4) is 0 Å². The van der Waals surface area contributed by atoms with E-state index in [4.69, 9.17) is 17.3 Å². The Morgan fingerprint density at radius 1 is 1.00 bits per heavy atom. The smallest absolute Gasteiger partial charge is 0.0406 e. The second kappa shape index (κ2) is 5.85. The van der Waals surface area contributed by atoms with Gasteiger partial charge < -0.3 is 5.73 Å². The van der Waals surface area contributed by atoms with Gasteiger partial charge in [-0.2, -0.15) is 0 Å². The van der Waals surface area contributed by atoms with Gasteiger partial charge >= 0.3 is 0 Å². The van der Waals surface area contributed by atoms with Crippen molar-refractivity contribution < 1.29 is 0 Å². The number of nitrogens with two attached hydrogens (primary N) is 1. The van der Waals surface area contributed by atoms with Crippen LogP contribution in [0.4, 0.5) is 0 Å². The van der Waals surface area contributed by atoms with Gasteiger partial charge in [-0.1, -0.05) is 35.9 Å². The molecule has 0 saturated carbocycles. The van der Waals surface area contributed by atoms with Crippen molar-refractivity contribution in [3.05, 3.63) is 68.3 Å². The molecule has 0 heterocycles. The summed E-state index contributed by atoms with van der Waals surface area (Å²) in [6, 6.07) is 16.2. The van der Waals surface area contributed by atoms with Gasteiger partial charge in [0, 0.05) is 14.6 Å². The molecule has 0 amide bonds. The van der Waals surface area contributed by atoms with Gasteiger partial charge in [0.05, 0.1) is 0 Å². The highest BCUT2D eigenvalue weighted by molar-refractivity contribution is 14.1. The highest BCUT2D eigenvalue weighted by Gasteiger charge is 2.06. The molecule has 0 aromatic heterocycles. The van der Waals surface area contributed by atoms with Crippen LogP contribution in [0, 0.1) is 3.57 Å². The predicted octanol–water partition coefficient (Wildman–Crippen LogP) is 4.19. The van der Waals surface area contributed by atoms with Gasteiger partial charge in [-0.05, 0) is 64.4 Å². The number of benzene rings is 2. The molecule has 3 heteroatoms. The Kier molecular flexibility index (Phi) is 4.42. The summed E-state index contributed by atoms with van der Waals surface area (Å²) >= 11 is 8.14. The maximum absolute atomic E-state index is 6.18. The van der Waals surface area contributed by atoms with Crippen LogP contribution in [0.25, 0.3) is 0 Å². The molecule has 0 aliphatic rings. The lowest BCUT2D eigenvalue weighted by Gasteiger charge is -2.12. The Labute approximate surface area is 120 Å². The molecular weight excluding hydrogens is 345 g/mol. The maximum Gasteiger partial charge on any atom is 0.0406 e. The first-order valence-electron chi connectivity index (χ1n) is 5.40. The van der Waals surface area contributed by atoms with E-state index in [1.54, 1.807) is 0 Å². The number of hydrogen-bond acceptors (Lipinski definition) is 1. The first kappa shape index (κ1) is 12.9. The highest BCUT2D eigenvalue weighted by Crippen LogP contribution is 2.18. The van der Waals surface area contributed by atoms with Gasteiger partial charge in [0.2, 0.25) is 0 Å². The molecule has 0 bridgehead atoms. The van der Waals surface area contributed by atoms with Crippen molar-refractivity contribution >= 4 is 34.2 Å². The summed E-state index contributed by atoms with van der Waals surface area (Å²) in [6.07, 6.45) is 0.831. The van der Waals surface area contributed by atoms with Gasteiger partial charge in [-0.25, -0.2) is 0 Å². The molecule has 1 atom stereocenters. The number of hydrogen-bond donors (Lipinski definition) is 1. The fourth-order valence-corrected chi connectivity index (χ4v) is 2.19. The Morgan fingerprint density at radius 2 is 1.59 bits per heavy atom. The van der Waals surface area contributed by atoms with E-state index < -0.39 is 0 Å². The summed E-state index contributed by atoms with van der Waals surface area (Å²) in [5.74, 6) is 0. The molecule has 0 radical (unpaired) electrons. The fourth-order valence-electron chi connectivity index (χ4n) is 1.70. The van der Waals surface area contributed by atoms with E-state index in [-0.39, 0.29) is 6.04 Å². The summed E-state index contributed by atoms with van der Waals surface area (Å²) in [4.78, 5) is 0. The molecular formula is C14H13ClIN. The zero-order chi connectivity index (χ0) is 12.3. The quantitative estimate of drug-likeness (QED) is 0.819. The average Bonchev–Trinajstić information content (AvgIpc) is 2.33. The van der Waals surface area contributed by atoms with Crippen LogP contribution >= 0.6 is 34.2 Å². The van der Waals surface area contributed by atoms with Gasteiger partial charge in [0.1, 0.15) is 0 Å². The normalized spacial score (nSPS) is 12.4. The van der Waals surface area contributed by atoms with E-state index in [1.807, 2.05) is 24.3 Å². The van der Waals surface area contributed by atoms with Crippen LogP contribution in [-0.4, -0.2) is 0 Å². The van der Waals surface area contributed by atoms with Crippen molar-refractivity contribution in [1.29, 1.82) is 0 Å². The van der Waals surface area contributed by atoms with Crippen LogP contribution in [-0.2, 0) is 6.42 Å². The highest BCUT2D eigenvalue weighted by atomic mass is 127. The van der Waals surface area contributed by atoms with Crippen LogP contribution < -0.4 is 5.73 Å². The average molecular weight is 358 g/mol. The standard InChI is InChI=1S/C14H13ClIN/c15-12-5-1-10(2-6-12)9-14(17)11-3-7-13(16)8-4-11/h1-8,14H,9,17H2. The molecule has 1 nitrogen and oxygen atoms in total. The molecule has 2 aromatic rings. The third-order valence-corrected chi connectivity index (χ3v) is 3.64. The monoisotopic (exact) mass is 357 g/mol. The fraction of sp³-hybridized carbons (Fsp3) is 0.143. The Morgan fingerprint density at radius 3 is 2.18 bits per heavy atom. The minimum absolute atomic E-state index is 0.0353. The summed E-state index contributed by atoms with van der Waals surface area (Å²) in [6.45, 7) is 0. The Balaban J connectivity index is 2.08. The van der Waals surface area contributed by atoms with E-state index >= 15 is 0 Å².